The number of amides is 2. The highest BCUT2D eigenvalue weighted by molar-refractivity contribution is 5.94. The summed E-state index contributed by atoms with van der Waals surface area (Å²) >= 11 is 0. The Bertz CT molecular complexity index is 783. The highest BCUT2D eigenvalue weighted by Crippen LogP contribution is 2.15. The van der Waals surface area contributed by atoms with Gasteiger partial charge in [0.05, 0.1) is 6.61 Å². The van der Waals surface area contributed by atoms with Crippen LogP contribution in [0.1, 0.15) is 50.0 Å². The normalized spacial score (nSPS) is 10.8. The lowest BCUT2D eigenvalue weighted by Gasteiger charge is -2.11. The third-order valence-electron chi connectivity index (χ3n) is 4.25. The van der Waals surface area contributed by atoms with Crippen LogP contribution in [-0.4, -0.2) is 18.4 Å². The van der Waals surface area contributed by atoms with E-state index < -0.39 is 0 Å². The number of rotatable bonds is 9. The Morgan fingerprint density at radius 2 is 1.71 bits per heavy atom. The van der Waals surface area contributed by atoms with E-state index in [1.54, 1.807) is 12.1 Å². The van der Waals surface area contributed by atoms with Crippen molar-refractivity contribution in [2.24, 2.45) is 11.8 Å². The molecule has 0 aliphatic carbocycles. The van der Waals surface area contributed by atoms with E-state index >= 15 is 0 Å². The molecule has 0 heterocycles. The van der Waals surface area contributed by atoms with Crippen molar-refractivity contribution in [1.82, 2.24) is 5.32 Å². The molecular weight excluding hydrogens is 352 g/mol. The summed E-state index contributed by atoms with van der Waals surface area (Å²) in [6, 6.07) is 14.6. The average Bonchev–Trinajstić information content (AvgIpc) is 2.66. The van der Waals surface area contributed by atoms with Crippen LogP contribution in [0.4, 0.5) is 5.69 Å². The molecule has 5 heteroatoms. The maximum Gasteiger partial charge on any atom is 0.251 e. The lowest BCUT2D eigenvalue weighted by atomic mass is 10.1. The minimum Gasteiger partial charge on any atom is -0.494 e. The number of benzene rings is 2. The number of hydrogen-bond acceptors (Lipinski definition) is 3. The average molecular weight is 383 g/mol. The summed E-state index contributed by atoms with van der Waals surface area (Å²) in [5, 5.41) is 5.77. The molecule has 28 heavy (non-hydrogen) atoms. The molecule has 2 aromatic rings. The van der Waals surface area contributed by atoms with E-state index in [0.717, 1.165) is 23.4 Å². The molecule has 2 rings (SSSR count). The molecular formula is C23H30N2O3. The van der Waals surface area contributed by atoms with Gasteiger partial charge in [-0.1, -0.05) is 39.8 Å². The predicted molar refractivity (Wildman–Crippen MR) is 112 cm³/mol. The van der Waals surface area contributed by atoms with Gasteiger partial charge in [-0.3, -0.25) is 9.59 Å². The Morgan fingerprint density at radius 3 is 2.36 bits per heavy atom. The zero-order valence-corrected chi connectivity index (χ0v) is 17.1. The molecule has 2 amide bonds. The Kier molecular flexibility index (Phi) is 8.05. The van der Waals surface area contributed by atoms with Crippen molar-refractivity contribution in [3.8, 4) is 5.75 Å². The maximum absolute atomic E-state index is 12.4. The summed E-state index contributed by atoms with van der Waals surface area (Å²) in [6.07, 6.45) is 0.999. The first-order valence-electron chi connectivity index (χ1n) is 9.76. The fourth-order valence-electron chi connectivity index (χ4n) is 2.45. The molecule has 5 nitrogen and oxygen atoms in total. The highest BCUT2D eigenvalue weighted by Gasteiger charge is 2.09. The molecule has 0 unspecified atom stereocenters. The fraction of sp³-hybridized carbons (Fsp3) is 0.391. The van der Waals surface area contributed by atoms with Crippen molar-refractivity contribution >= 4 is 17.5 Å². The van der Waals surface area contributed by atoms with Gasteiger partial charge >= 0.3 is 0 Å². The second-order valence-corrected chi connectivity index (χ2v) is 7.58. The van der Waals surface area contributed by atoms with Crippen LogP contribution in [-0.2, 0) is 11.3 Å². The van der Waals surface area contributed by atoms with Gasteiger partial charge in [0.15, 0.2) is 0 Å². The summed E-state index contributed by atoms with van der Waals surface area (Å²) in [7, 11) is 0. The molecule has 0 aromatic heterocycles. The van der Waals surface area contributed by atoms with Crippen LogP contribution in [0.2, 0.25) is 0 Å². The number of carbonyl (C=O) groups excluding carboxylic acids is 2. The SMILES string of the molecule is CC(C)CCOc1ccc(C(=O)NCc2cccc(NC(=O)C(C)C)c2)cc1. The van der Waals surface area contributed by atoms with Crippen molar-refractivity contribution in [2.45, 2.75) is 40.7 Å². The van der Waals surface area contributed by atoms with Gasteiger partial charge in [0, 0.05) is 23.7 Å². The van der Waals surface area contributed by atoms with Crippen molar-refractivity contribution in [3.05, 3.63) is 59.7 Å². The molecule has 2 aromatic carbocycles. The van der Waals surface area contributed by atoms with E-state index in [1.807, 2.05) is 50.2 Å². The number of carbonyl (C=O) groups is 2. The zero-order valence-electron chi connectivity index (χ0n) is 17.1. The van der Waals surface area contributed by atoms with Gasteiger partial charge < -0.3 is 15.4 Å². The van der Waals surface area contributed by atoms with Gasteiger partial charge in [0.1, 0.15) is 5.75 Å². The lowest BCUT2D eigenvalue weighted by molar-refractivity contribution is -0.118. The molecule has 0 radical (unpaired) electrons. The molecule has 2 N–H and O–H groups in total. The van der Waals surface area contributed by atoms with Crippen molar-refractivity contribution in [3.63, 3.8) is 0 Å². The smallest absolute Gasteiger partial charge is 0.251 e. The molecule has 0 spiro atoms. The number of hydrogen-bond donors (Lipinski definition) is 2. The molecule has 0 atom stereocenters. The standard InChI is InChI=1S/C23H30N2O3/c1-16(2)12-13-28-21-10-8-19(9-11-21)23(27)24-15-18-6-5-7-20(14-18)25-22(26)17(3)4/h5-11,14,16-17H,12-13,15H2,1-4H3,(H,24,27)(H,25,26). The Morgan fingerprint density at radius 1 is 1.00 bits per heavy atom. The molecule has 0 fully saturated rings. The van der Waals surface area contributed by atoms with E-state index in [9.17, 15) is 9.59 Å². The Labute approximate surface area is 167 Å². The Balaban J connectivity index is 1.87. The first kappa shape index (κ1) is 21.5. The Hall–Kier alpha value is -2.82. The molecule has 0 aliphatic rings. The van der Waals surface area contributed by atoms with E-state index in [2.05, 4.69) is 24.5 Å². The van der Waals surface area contributed by atoms with Crippen LogP contribution in [0, 0.1) is 11.8 Å². The van der Waals surface area contributed by atoms with E-state index in [4.69, 9.17) is 4.74 Å². The summed E-state index contributed by atoms with van der Waals surface area (Å²) < 4.78 is 5.68. The van der Waals surface area contributed by atoms with Gasteiger partial charge in [-0.15, -0.1) is 0 Å². The topological polar surface area (TPSA) is 67.4 Å². The van der Waals surface area contributed by atoms with Gasteiger partial charge in [-0.2, -0.15) is 0 Å². The summed E-state index contributed by atoms with van der Waals surface area (Å²) in [5.41, 5.74) is 2.23. The summed E-state index contributed by atoms with van der Waals surface area (Å²) in [5.74, 6) is 1.11. The number of nitrogens with one attached hydrogen (secondary N) is 2. The van der Waals surface area contributed by atoms with Crippen LogP contribution >= 0.6 is 0 Å². The monoisotopic (exact) mass is 382 g/mol. The molecule has 150 valence electrons. The quantitative estimate of drug-likeness (QED) is 0.664. The molecule has 0 saturated carbocycles. The minimum absolute atomic E-state index is 0.0307. The summed E-state index contributed by atoms with van der Waals surface area (Å²) in [4.78, 5) is 24.2. The zero-order chi connectivity index (χ0) is 20.5. The van der Waals surface area contributed by atoms with Crippen LogP contribution in [0.5, 0.6) is 5.75 Å². The summed E-state index contributed by atoms with van der Waals surface area (Å²) in [6.45, 7) is 9.07. The van der Waals surface area contributed by atoms with E-state index in [-0.39, 0.29) is 17.7 Å². The van der Waals surface area contributed by atoms with Gasteiger partial charge in [-0.05, 0) is 54.3 Å². The molecule has 0 bridgehead atoms. The van der Waals surface area contributed by atoms with Gasteiger partial charge in [0.25, 0.3) is 5.91 Å². The molecule has 0 saturated heterocycles. The molecule has 0 aliphatic heterocycles. The predicted octanol–water partition coefficient (Wildman–Crippen LogP) is 4.64. The van der Waals surface area contributed by atoms with Crippen molar-refractivity contribution in [2.75, 3.05) is 11.9 Å². The lowest BCUT2D eigenvalue weighted by Crippen LogP contribution is -2.23. The van der Waals surface area contributed by atoms with Crippen LogP contribution in [0.15, 0.2) is 48.5 Å². The fourth-order valence-corrected chi connectivity index (χ4v) is 2.45. The van der Waals surface area contributed by atoms with Crippen molar-refractivity contribution in [1.29, 1.82) is 0 Å². The van der Waals surface area contributed by atoms with E-state index in [0.29, 0.717) is 24.6 Å². The van der Waals surface area contributed by atoms with Crippen LogP contribution < -0.4 is 15.4 Å². The second kappa shape index (κ2) is 10.5. The first-order chi connectivity index (χ1) is 13.3. The first-order valence-corrected chi connectivity index (χ1v) is 9.76. The largest absolute Gasteiger partial charge is 0.494 e. The third-order valence-corrected chi connectivity index (χ3v) is 4.25. The third kappa shape index (κ3) is 7.06. The van der Waals surface area contributed by atoms with Crippen molar-refractivity contribution < 1.29 is 14.3 Å². The van der Waals surface area contributed by atoms with Crippen LogP contribution in [0.25, 0.3) is 0 Å². The van der Waals surface area contributed by atoms with Gasteiger partial charge in [0.2, 0.25) is 5.91 Å². The van der Waals surface area contributed by atoms with E-state index in [1.165, 1.54) is 0 Å². The van der Waals surface area contributed by atoms with Crippen LogP contribution in [0.3, 0.4) is 0 Å². The number of anilines is 1. The number of ether oxygens (including phenoxy) is 1. The maximum atomic E-state index is 12.4. The highest BCUT2D eigenvalue weighted by atomic mass is 16.5. The minimum atomic E-state index is -0.148. The van der Waals surface area contributed by atoms with Gasteiger partial charge in [-0.25, -0.2) is 0 Å². The second-order valence-electron chi connectivity index (χ2n) is 7.58.